The van der Waals surface area contributed by atoms with Crippen LogP contribution < -0.4 is 5.32 Å². The third kappa shape index (κ3) is 84.3. The van der Waals surface area contributed by atoms with Crippen LogP contribution >= 0.6 is 36.8 Å². The Morgan fingerprint density at radius 1 is 0.371 bits per heavy atom. The molecule has 1 N–H and O–H groups in total. The molecule has 0 aliphatic heterocycles. The van der Waals surface area contributed by atoms with Gasteiger partial charge in [0.05, 0.1) is 12.8 Å². The second-order valence-corrected chi connectivity index (χ2v) is 29.0. The van der Waals surface area contributed by atoms with Gasteiger partial charge in [0.15, 0.2) is 0 Å². The third-order valence-electron chi connectivity index (χ3n) is 17.3. The summed E-state index contributed by atoms with van der Waals surface area (Å²) >= 11 is 5.34. The molecule has 0 aliphatic carbocycles. The van der Waals surface area contributed by atoms with Gasteiger partial charge in [0.1, 0.15) is 25.4 Å². The number of carbonyl (C=O) groups excluding carboxylic acids is 5. The van der Waals surface area contributed by atoms with E-state index in [9.17, 15) is 24.0 Å². The average Bonchev–Trinajstić information content (AvgIpc) is 2.70. The fourth-order valence-corrected chi connectivity index (χ4v) is 12.4. The van der Waals surface area contributed by atoms with Crippen LogP contribution in [0.4, 0.5) is 4.79 Å². The summed E-state index contributed by atoms with van der Waals surface area (Å²) in [6.07, 6.45) is 63.8. The van der Waals surface area contributed by atoms with Crippen molar-refractivity contribution >= 4 is 65.9 Å². The van der Waals surface area contributed by atoms with E-state index >= 15 is 0 Å². The Morgan fingerprint density at radius 3 is 1.09 bits per heavy atom. The number of hydrogen-bond donors (Lipinski definition) is 2. The first kappa shape index (κ1) is 101. The first-order valence-corrected chi connectivity index (χ1v) is 41.9. The Morgan fingerprint density at radius 2 is 0.722 bits per heavy atom. The number of carbonyl (C=O) groups is 5. The highest BCUT2D eigenvalue weighted by Gasteiger charge is 2.20. The van der Waals surface area contributed by atoms with E-state index in [0.717, 1.165) is 115 Å². The number of halogens is 1. The summed E-state index contributed by atoms with van der Waals surface area (Å²) in [7, 11) is 8.08. The molecular weight excluding hydrogens is 1270 g/mol. The van der Waals surface area contributed by atoms with Gasteiger partial charge in [0.2, 0.25) is 0 Å². The topological polar surface area (TPSA) is 144 Å². The predicted molar refractivity (Wildman–Crippen MR) is 425 cm³/mol. The number of thiol groups is 1. The van der Waals surface area contributed by atoms with Gasteiger partial charge < -0.3 is 39.0 Å². The summed E-state index contributed by atoms with van der Waals surface area (Å²) in [5.41, 5.74) is 0. The van der Waals surface area contributed by atoms with Crippen LogP contribution in [0.1, 0.15) is 363 Å². The van der Waals surface area contributed by atoms with Crippen molar-refractivity contribution in [2.24, 2.45) is 0 Å². The maximum atomic E-state index is 13.1. The first-order valence-electron chi connectivity index (χ1n) is 40.3. The van der Waals surface area contributed by atoms with E-state index in [4.69, 9.17) is 18.9 Å². The Kier molecular flexibility index (Phi) is 87.9. The molecule has 0 saturated heterocycles. The lowest BCUT2D eigenvalue weighted by Gasteiger charge is -2.23. The maximum absolute atomic E-state index is 13.1. The first-order chi connectivity index (χ1) is 46.7. The van der Waals surface area contributed by atoms with Crippen LogP contribution in [0.5, 0.6) is 0 Å². The number of unbranched alkanes of at least 4 members (excludes halogenated alkanes) is 34. The number of nitrogens with zero attached hydrogens (tertiary/aromatic N) is 3. The Balaban J connectivity index is -0.000000823. The molecule has 0 saturated carbocycles. The molecule has 0 radical (unpaired) electrons. The van der Waals surface area contributed by atoms with Crippen molar-refractivity contribution in [1.29, 1.82) is 0 Å². The molecule has 1 amide bonds. The highest BCUT2D eigenvalue weighted by atomic mass is 35.5. The van der Waals surface area contributed by atoms with Crippen LogP contribution in [0, 0.1) is 0 Å². The zero-order valence-corrected chi connectivity index (χ0v) is 67.7. The van der Waals surface area contributed by atoms with Gasteiger partial charge in [-0.25, -0.2) is 0 Å². The molecule has 0 bridgehead atoms. The number of thioether (sulfide) groups is 1. The van der Waals surface area contributed by atoms with Crippen LogP contribution in [-0.2, 0) is 38.1 Å². The van der Waals surface area contributed by atoms with E-state index in [2.05, 4.69) is 81.4 Å². The number of rotatable bonds is 69. The van der Waals surface area contributed by atoms with E-state index in [1.807, 2.05) is 45.2 Å². The van der Waals surface area contributed by atoms with Crippen LogP contribution in [-0.4, -0.2) is 148 Å². The summed E-state index contributed by atoms with van der Waals surface area (Å²) in [4.78, 5) is 68.7. The minimum atomic E-state index is -0.187. The van der Waals surface area contributed by atoms with Crippen molar-refractivity contribution in [1.82, 2.24) is 20.0 Å². The van der Waals surface area contributed by atoms with E-state index < -0.39 is 0 Å². The minimum Gasteiger partial charge on any atom is -0.462 e. The highest BCUT2D eigenvalue weighted by molar-refractivity contribution is 8.13. The van der Waals surface area contributed by atoms with Crippen LogP contribution in [0.2, 0.25) is 0 Å². The van der Waals surface area contributed by atoms with Gasteiger partial charge in [-0.2, -0.15) is 12.6 Å². The summed E-state index contributed by atoms with van der Waals surface area (Å²) in [5, 5.41) is 3.38. The minimum absolute atomic E-state index is 0. The van der Waals surface area contributed by atoms with Gasteiger partial charge in [0.25, 0.3) is 5.24 Å². The SMILES string of the molecule is CCCCCC/C=C\COC(=O)CCCCCN(CCC(=O)OC(CCCCCCCC)CCCCCCCCC)C(=O)SCCN(C)C.CCCCCC/C=C\COC(=O)CCCCCNCCC(=O)OC(CCCCCCCC)CCCCCCCCC.CN(C)CCS.Cl. The molecule has 0 aromatic rings. The molecular formula is C81H159ClN4O9S2. The Hall–Kier alpha value is -2.30. The lowest BCUT2D eigenvalue weighted by molar-refractivity contribution is -0.151. The van der Waals surface area contributed by atoms with E-state index in [-0.39, 0.29) is 60.2 Å². The van der Waals surface area contributed by atoms with Crippen molar-refractivity contribution in [3.8, 4) is 0 Å². The van der Waals surface area contributed by atoms with E-state index in [0.29, 0.717) is 57.9 Å². The van der Waals surface area contributed by atoms with Gasteiger partial charge in [-0.05, 0) is 137 Å². The smallest absolute Gasteiger partial charge is 0.307 e. The number of allylic oxidation sites excluding steroid dienone is 2. The van der Waals surface area contributed by atoms with Gasteiger partial charge in [-0.1, -0.05) is 270 Å². The number of hydrogen-bond acceptors (Lipinski definition) is 14. The summed E-state index contributed by atoms with van der Waals surface area (Å²) in [5.74, 6) is 1.14. The molecule has 0 rings (SSSR count). The van der Waals surface area contributed by atoms with Crippen molar-refractivity contribution in [2.75, 3.05) is 92.2 Å². The normalized spacial score (nSPS) is 11.9. The Labute approximate surface area is 616 Å². The van der Waals surface area contributed by atoms with E-state index in [1.165, 1.54) is 217 Å². The molecule has 0 spiro atoms. The second kappa shape index (κ2) is 84.4. The third-order valence-corrected chi connectivity index (χ3v) is 18.4. The number of amides is 1. The van der Waals surface area contributed by atoms with Gasteiger partial charge in [-0.3, -0.25) is 24.0 Å². The molecule has 2 unspecified atom stereocenters. The predicted octanol–water partition coefficient (Wildman–Crippen LogP) is 22.8. The average molecular weight is 1430 g/mol. The van der Waals surface area contributed by atoms with Crippen molar-refractivity contribution in [2.45, 2.75) is 375 Å². The monoisotopic (exact) mass is 1430 g/mol. The largest absolute Gasteiger partial charge is 0.462 e. The Bertz CT molecular complexity index is 1730. The second-order valence-electron chi connectivity index (χ2n) is 27.5. The van der Waals surface area contributed by atoms with E-state index in [1.54, 1.807) is 0 Å². The molecule has 0 aliphatic rings. The van der Waals surface area contributed by atoms with Crippen molar-refractivity contribution in [3.05, 3.63) is 24.3 Å². The standard InChI is InChI=1S/C41H78N2O5S.C36H69NO4.C4H11NS.ClH/c1-6-9-12-15-18-21-25-30-38(29-24-20-17-14-11-8-3)48-40(45)32-34-43(41(46)49-37-35-42(4)5)33-27-23-26-31-39(44)47-36-28-22-19-16-13-10-7-2;1-4-7-10-13-16-19-23-28-34(27-22-18-15-12-9-6-3)41-36(39)30-32-37-31-25-21-24-29-35(38)40-33-26-20-17-14-11-8-5-2;1-5(2)3-4-6;/h22,28,38H,6-21,23-27,29-37H2,1-5H3;20,26,34,37H,4-19,21-25,27-33H2,1-3H3;6H,3-4H2,1-2H3;1H/b28-22-;26-20-;;. The van der Waals surface area contributed by atoms with Crippen molar-refractivity contribution in [3.63, 3.8) is 0 Å². The molecule has 0 fully saturated rings. The van der Waals surface area contributed by atoms with Gasteiger partial charge in [-0.15, -0.1) is 12.4 Å². The molecule has 0 heterocycles. The highest BCUT2D eigenvalue weighted by Crippen LogP contribution is 2.21. The molecule has 13 nitrogen and oxygen atoms in total. The van der Waals surface area contributed by atoms with Crippen LogP contribution in [0.25, 0.3) is 0 Å². The quantitative estimate of drug-likeness (QED) is 0.0196. The van der Waals surface area contributed by atoms with Crippen LogP contribution in [0.15, 0.2) is 24.3 Å². The van der Waals surface area contributed by atoms with Crippen molar-refractivity contribution < 1.29 is 42.9 Å². The lowest BCUT2D eigenvalue weighted by atomic mass is 10.0. The molecule has 0 aromatic carbocycles. The maximum Gasteiger partial charge on any atom is 0.307 e. The number of ether oxygens (including phenoxy) is 4. The molecule has 0 aromatic heterocycles. The zero-order valence-electron chi connectivity index (χ0n) is 65.2. The molecule has 2 atom stereocenters. The number of nitrogens with one attached hydrogen (secondary N) is 1. The summed E-state index contributed by atoms with van der Waals surface area (Å²) in [6.45, 7) is 18.5. The fourth-order valence-electron chi connectivity index (χ4n) is 11.0. The van der Waals surface area contributed by atoms with Gasteiger partial charge >= 0.3 is 23.9 Å². The molecule has 97 heavy (non-hydrogen) atoms. The molecule has 16 heteroatoms. The summed E-state index contributed by atoms with van der Waals surface area (Å²) in [6, 6.07) is 0. The molecule has 576 valence electrons. The van der Waals surface area contributed by atoms with Gasteiger partial charge in [0, 0.05) is 57.1 Å². The van der Waals surface area contributed by atoms with Crippen LogP contribution in [0.3, 0.4) is 0 Å². The zero-order chi connectivity index (χ0) is 71.3. The summed E-state index contributed by atoms with van der Waals surface area (Å²) < 4.78 is 22.6. The number of esters is 4. The lowest BCUT2D eigenvalue weighted by Crippen LogP contribution is -2.32. The fraction of sp³-hybridized carbons (Fsp3) is 0.889.